The molecule has 0 bridgehead atoms. The maximum atomic E-state index is 12.5. The molecule has 4 aromatic rings. The molecule has 0 spiro atoms. The fraction of sp³-hybridized carbons (Fsp3) is 0.0526. The summed E-state index contributed by atoms with van der Waals surface area (Å²) in [5.74, 6) is 0.339. The topological polar surface area (TPSA) is 92.7 Å². The van der Waals surface area contributed by atoms with Crippen molar-refractivity contribution in [2.24, 2.45) is 0 Å². The van der Waals surface area contributed by atoms with E-state index < -0.39 is 0 Å². The van der Waals surface area contributed by atoms with Gasteiger partial charge in [-0.3, -0.25) is 14.2 Å². The Morgan fingerprint density at radius 2 is 2.04 bits per heavy atom. The highest BCUT2D eigenvalue weighted by Gasteiger charge is 2.11. The van der Waals surface area contributed by atoms with Gasteiger partial charge in [0.1, 0.15) is 17.8 Å². The molecular weight excluding hydrogens is 330 g/mol. The Balaban J connectivity index is 1.58. The zero-order valence-electron chi connectivity index (χ0n) is 13.7. The highest BCUT2D eigenvalue weighted by molar-refractivity contribution is 5.94. The minimum absolute atomic E-state index is 0.190. The number of fused-ring (bicyclic) bond motifs is 1. The van der Waals surface area contributed by atoms with Crippen LogP contribution in [0.5, 0.6) is 0 Å². The number of carbonyl (C=O) groups is 1. The summed E-state index contributed by atoms with van der Waals surface area (Å²) in [5.41, 5.74) is 1.50. The van der Waals surface area contributed by atoms with Gasteiger partial charge in [-0.1, -0.05) is 18.2 Å². The number of aromatic amines is 1. The molecule has 7 nitrogen and oxygen atoms in total. The molecule has 7 heteroatoms. The van der Waals surface area contributed by atoms with Crippen LogP contribution in [0.3, 0.4) is 0 Å². The van der Waals surface area contributed by atoms with Gasteiger partial charge in [-0.15, -0.1) is 0 Å². The lowest BCUT2D eigenvalue weighted by Gasteiger charge is -2.10. The normalized spacial score (nSPS) is 10.8. The Kier molecular flexibility index (Phi) is 4.03. The molecule has 0 unspecified atom stereocenters. The molecule has 0 aliphatic rings. The second kappa shape index (κ2) is 6.64. The molecule has 0 radical (unpaired) electrons. The van der Waals surface area contributed by atoms with Crippen LogP contribution in [-0.4, -0.2) is 25.4 Å². The number of nitrogens with zero attached hydrogens (tertiary/aromatic N) is 3. The minimum Gasteiger partial charge on any atom is -0.350 e. The molecule has 0 fully saturated rings. The SMILES string of the molecule is O=C(NCc1cccnc1-n1ccnc1)c1cc(=O)c2ccccc2[nH]1. The first kappa shape index (κ1) is 15.8. The molecular formula is C19H15N5O2. The van der Waals surface area contributed by atoms with Gasteiger partial charge in [0.25, 0.3) is 5.91 Å². The van der Waals surface area contributed by atoms with E-state index in [9.17, 15) is 9.59 Å². The summed E-state index contributed by atoms with van der Waals surface area (Å²) in [6, 6.07) is 12.1. The molecule has 1 aromatic carbocycles. The summed E-state index contributed by atoms with van der Waals surface area (Å²) in [6.45, 7) is 0.273. The molecule has 0 atom stereocenters. The Bertz CT molecular complexity index is 1130. The lowest BCUT2D eigenvalue weighted by Crippen LogP contribution is -2.26. The third-order valence-electron chi connectivity index (χ3n) is 4.04. The third kappa shape index (κ3) is 2.98. The second-order valence-corrected chi connectivity index (χ2v) is 5.73. The van der Waals surface area contributed by atoms with Gasteiger partial charge >= 0.3 is 0 Å². The van der Waals surface area contributed by atoms with Crippen LogP contribution < -0.4 is 10.7 Å². The van der Waals surface area contributed by atoms with E-state index in [-0.39, 0.29) is 23.6 Å². The fourth-order valence-corrected chi connectivity index (χ4v) is 2.78. The summed E-state index contributed by atoms with van der Waals surface area (Å²) < 4.78 is 1.78. The van der Waals surface area contributed by atoms with Gasteiger partial charge in [-0.25, -0.2) is 9.97 Å². The first-order valence-electron chi connectivity index (χ1n) is 8.05. The number of rotatable bonds is 4. The number of hydrogen-bond donors (Lipinski definition) is 2. The van der Waals surface area contributed by atoms with Crippen molar-refractivity contribution in [3.05, 3.63) is 88.9 Å². The van der Waals surface area contributed by atoms with E-state index in [1.165, 1.54) is 6.07 Å². The van der Waals surface area contributed by atoms with Crippen LogP contribution in [0, 0.1) is 0 Å². The summed E-state index contributed by atoms with van der Waals surface area (Å²) >= 11 is 0. The van der Waals surface area contributed by atoms with Crippen molar-refractivity contribution in [3.8, 4) is 5.82 Å². The number of aromatic nitrogens is 4. The van der Waals surface area contributed by atoms with Gasteiger partial charge in [0.2, 0.25) is 0 Å². The first-order valence-corrected chi connectivity index (χ1v) is 8.05. The molecule has 0 saturated heterocycles. The van der Waals surface area contributed by atoms with Crippen molar-refractivity contribution < 1.29 is 4.79 Å². The lowest BCUT2D eigenvalue weighted by atomic mass is 10.2. The Hall–Kier alpha value is -3.74. The predicted molar refractivity (Wildman–Crippen MR) is 97.1 cm³/mol. The van der Waals surface area contributed by atoms with Crippen LogP contribution in [0.1, 0.15) is 16.1 Å². The van der Waals surface area contributed by atoms with Crippen molar-refractivity contribution >= 4 is 16.8 Å². The average Bonchev–Trinajstić information content (AvgIpc) is 3.21. The van der Waals surface area contributed by atoms with Gasteiger partial charge in [0.15, 0.2) is 5.43 Å². The molecule has 3 aromatic heterocycles. The highest BCUT2D eigenvalue weighted by Crippen LogP contribution is 2.11. The Morgan fingerprint density at radius 3 is 2.88 bits per heavy atom. The molecule has 1 amide bonds. The van der Waals surface area contributed by atoms with Crippen LogP contribution in [0.15, 0.2) is 72.2 Å². The van der Waals surface area contributed by atoms with E-state index in [4.69, 9.17) is 0 Å². The maximum absolute atomic E-state index is 12.5. The summed E-state index contributed by atoms with van der Waals surface area (Å²) in [5, 5.41) is 3.38. The third-order valence-corrected chi connectivity index (χ3v) is 4.04. The first-order chi connectivity index (χ1) is 12.7. The zero-order chi connectivity index (χ0) is 17.9. The molecule has 2 N–H and O–H groups in total. The smallest absolute Gasteiger partial charge is 0.268 e. The maximum Gasteiger partial charge on any atom is 0.268 e. The summed E-state index contributed by atoms with van der Waals surface area (Å²) in [6.07, 6.45) is 6.78. The number of imidazole rings is 1. The lowest BCUT2D eigenvalue weighted by molar-refractivity contribution is 0.0946. The predicted octanol–water partition coefficient (Wildman–Crippen LogP) is 2.04. The van der Waals surface area contributed by atoms with Crippen LogP contribution in [-0.2, 0) is 6.54 Å². The van der Waals surface area contributed by atoms with Crippen molar-refractivity contribution in [2.45, 2.75) is 6.54 Å². The quantitative estimate of drug-likeness (QED) is 0.592. The second-order valence-electron chi connectivity index (χ2n) is 5.73. The molecule has 0 aliphatic carbocycles. The van der Waals surface area contributed by atoms with Crippen molar-refractivity contribution in [2.75, 3.05) is 0 Å². The number of para-hydroxylation sites is 1. The van der Waals surface area contributed by atoms with Gasteiger partial charge in [0, 0.05) is 47.7 Å². The van der Waals surface area contributed by atoms with Crippen molar-refractivity contribution in [1.29, 1.82) is 0 Å². The molecule has 3 heterocycles. The van der Waals surface area contributed by atoms with E-state index in [0.29, 0.717) is 16.7 Å². The Morgan fingerprint density at radius 1 is 1.15 bits per heavy atom. The number of H-pyrrole nitrogens is 1. The highest BCUT2D eigenvalue weighted by atomic mass is 16.2. The molecule has 128 valence electrons. The van der Waals surface area contributed by atoms with Crippen molar-refractivity contribution in [1.82, 2.24) is 24.8 Å². The van der Waals surface area contributed by atoms with Gasteiger partial charge in [0.05, 0.1) is 0 Å². The standard InChI is InChI=1S/C19H15N5O2/c25-17-10-16(23-15-6-2-1-5-14(15)17)19(26)22-11-13-4-3-7-21-18(13)24-9-8-20-12-24/h1-10,12H,11H2,(H,22,26)(H,23,25). The average molecular weight is 345 g/mol. The number of carbonyl (C=O) groups excluding carboxylic acids is 1. The van der Waals surface area contributed by atoms with Crippen molar-refractivity contribution in [3.63, 3.8) is 0 Å². The van der Waals surface area contributed by atoms with Gasteiger partial charge < -0.3 is 10.3 Å². The van der Waals surface area contributed by atoms with Crippen LogP contribution >= 0.6 is 0 Å². The van der Waals surface area contributed by atoms with Crippen LogP contribution in [0.25, 0.3) is 16.7 Å². The van der Waals surface area contributed by atoms with E-state index in [1.54, 1.807) is 53.8 Å². The number of nitrogens with one attached hydrogen (secondary N) is 2. The molecule has 4 rings (SSSR count). The molecule has 0 aliphatic heterocycles. The number of hydrogen-bond acceptors (Lipinski definition) is 4. The van der Waals surface area contributed by atoms with Gasteiger partial charge in [-0.2, -0.15) is 0 Å². The van der Waals surface area contributed by atoms with Gasteiger partial charge in [-0.05, 0) is 18.2 Å². The number of amides is 1. The largest absolute Gasteiger partial charge is 0.350 e. The number of benzene rings is 1. The monoisotopic (exact) mass is 345 g/mol. The van der Waals surface area contributed by atoms with E-state index >= 15 is 0 Å². The Labute approximate surface area is 148 Å². The zero-order valence-corrected chi connectivity index (χ0v) is 13.7. The summed E-state index contributed by atoms with van der Waals surface area (Å²) in [4.78, 5) is 36.0. The summed E-state index contributed by atoms with van der Waals surface area (Å²) in [7, 11) is 0. The molecule has 0 saturated carbocycles. The van der Waals surface area contributed by atoms with E-state index in [0.717, 1.165) is 5.56 Å². The fourth-order valence-electron chi connectivity index (χ4n) is 2.78. The van der Waals surface area contributed by atoms with E-state index in [2.05, 4.69) is 20.3 Å². The molecule has 26 heavy (non-hydrogen) atoms. The number of pyridine rings is 2. The van der Waals surface area contributed by atoms with E-state index in [1.807, 2.05) is 12.1 Å². The van der Waals surface area contributed by atoms with Crippen LogP contribution in [0.4, 0.5) is 0 Å². The van der Waals surface area contributed by atoms with Crippen LogP contribution in [0.2, 0.25) is 0 Å². The minimum atomic E-state index is -0.353.